The van der Waals surface area contributed by atoms with Gasteiger partial charge in [-0.05, 0) is 49.0 Å². The summed E-state index contributed by atoms with van der Waals surface area (Å²) in [7, 11) is 0. The van der Waals surface area contributed by atoms with Crippen molar-refractivity contribution in [3.8, 4) is 0 Å². The molecule has 0 aromatic carbocycles. The van der Waals surface area contributed by atoms with Gasteiger partial charge in [0.1, 0.15) is 6.10 Å². The molecule has 2 unspecified atom stereocenters. The Morgan fingerprint density at radius 3 is 2.12 bits per heavy atom. The van der Waals surface area contributed by atoms with Gasteiger partial charge in [-0.25, -0.2) is 0 Å². The summed E-state index contributed by atoms with van der Waals surface area (Å²) in [4.78, 5) is 4.45. The minimum atomic E-state index is -0.616. The zero-order valence-corrected chi connectivity index (χ0v) is 16.5. The largest absolute Gasteiger partial charge is 0.386 e. The fraction of sp³-hybridized carbons (Fsp3) is 0.458. The highest BCUT2D eigenvalue weighted by molar-refractivity contribution is 5.59. The van der Waals surface area contributed by atoms with Gasteiger partial charge in [0.05, 0.1) is 5.69 Å². The van der Waals surface area contributed by atoms with E-state index in [0.717, 1.165) is 31.4 Å². The molecule has 0 bridgehead atoms. The fourth-order valence-corrected chi connectivity index (χ4v) is 5.26. The molecule has 3 rings (SSSR count). The molecule has 0 aliphatic heterocycles. The molecule has 2 nitrogen and oxygen atoms in total. The van der Waals surface area contributed by atoms with Crippen LogP contribution in [0.4, 0.5) is 0 Å². The lowest BCUT2D eigenvalue weighted by Gasteiger charge is -2.43. The van der Waals surface area contributed by atoms with E-state index in [-0.39, 0.29) is 11.3 Å². The molecule has 1 heterocycles. The maximum absolute atomic E-state index is 11.3. The van der Waals surface area contributed by atoms with Crippen LogP contribution in [-0.4, -0.2) is 10.1 Å². The monoisotopic (exact) mass is 349 g/mol. The summed E-state index contributed by atoms with van der Waals surface area (Å²) >= 11 is 0. The van der Waals surface area contributed by atoms with Crippen LogP contribution in [0.25, 0.3) is 0 Å². The van der Waals surface area contributed by atoms with Gasteiger partial charge in [0.25, 0.3) is 0 Å². The van der Waals surface area contributed by atoms with Crippen molar-refractivity contribution < 1.29 is 5.11 Å². The molecule has 0 radical (unpaired) electrons. The third-order valence-corrected chi connectivity index (χ3v) is 6.15. The summed E-state index contributed by atoms with van der Waals surface area (Å²) in [6, 6.07) is 5.79. The Hall–Kier alpha value is -1.93. The van der Waals surface area contributed by atoms with Gasteiger partial charge in [-0.15, -0.1) is 0 Å². The van der Waals surface area contributed by atoms with Crippen molar-refractivity contribution in [2.24, 2.45) is 11.3 Å². The third kappa shape index (κ3) is 2.72. The molecular weight excluding hydrogens is 318 g/mol. The topological polar surface area (TPSA) is 33.1 Å². The molecule has 2 heteroatoms. The Bertz CT molecular complexity index is 739. The molecule has 2 aliphatic rings. The summed E-state index contributed by atoms with van der Waals surface area (Å²) in [5, 5.41) is 11.3. The standard InChI is InChI=1S/C24H31NO/c1-5-17-18(6-2)20(8-4)24(19(17)7-3)15-11-9-13-21(24)23(26)22-14-10-12-16-25-22/h9-16,21,23,26H,5-8H2,1-4H3. The zero-order chi connectivity index (χ0) is 18.7. The van der Waals surface area contributed by atoms with Gasteiger partial charge in [0.15, 0.2) is 0 Å². The van der Waals surface area contributed by atoms with E-state index in [0.29, 0.717) is 0 Å². The number of aromatic nitrogens is 1. The first-order chi connectivity index (χ1) is 12.6. The maximum Gasteiger partial charge on any atom is 0.104 e. The second kappa shape index (κ2) is 7.75. The summed E-state index contributed by atoms with van der Waals surface area (Å²) in [5.74, 6) is -0.0158. The minimum absolute atomic E-state index is 0.0158. The first kappa shape index (κ1) is 18.8. The Kier molecular flexibility index (Phi) is 5.62. The molecule has 1 spiro atoms. The third-order valence-electron chi connectivity index (χ3n) is 6.15. The van der Waals surface area contributed by atoms with Crippen LogP contribution in [0.3, 0.4) is 0 Å². The normalized spacial score (nSPS) is 22.6. The molecule has 0 amide bonds. The molecule has 0 saturated heterocycles. The van der Waals surface area contributed by atoms with Gasteiger partial charge in [-0.2, -0.15) is 0 Å². The van der Waals surface area contributed by atoms with Crippen LogP contribution in [0, 0.1) is 11.3 Å². The number of rotatable bonds is 6. The Morgan fingerprint density at radius 2 is 1.62 bits per heavy atom. The Balaban J connectivity index is 2.21. The molecule has 0 saturated carbocycles. The van der Waals surface area contributed by atoms with E-state index in [1.807, 2.05) is 18.2 Å². The SMILES string of the molecule is CCC1=C(CC)C2(C=CC=CC2C(O)c2ccccn2)C(CC)=C1CC. The zero-order valence-electron chi connectivity index (χ0n) is 16.5. The van der Waals surface area contributed by atoms with E-state index in [2.05, 4.69) is 57.0 Å². The minimum Gasteiger partial charge on any atom is -0.386 e. The molecule has 1 aromatic rings. The second-order valence-corrected chi connectivity index (χ2v) is 7.17. The van der Waals surface area contributed by atoms with Gasteiger partial charge in [-0.3, -0.25) is 4.98 Å². The van der Waals surface area contributed by atoms with Gasteiger partial charge >= 0.3 is 0 Å². The average molecular weight is 350 g/mol. The van der Waals surface area contributed by atoms with Crippen LogP contribution in [0.5, 0.6) is 0 Å². The molecular formula is C24H31NO. The summed E-state index contributed by atoms with van der Waals surface area (Å²) in [5.41, 5.74) is 6.58. The van der Waals surface area contributed by atoms with Gasteiger partial charge in [-0.1, -0.05) is 69.2 Å². The van der Waals surface area contributed by atoms with Crippen molar-refractivity contribution in [2.75, 3.05) is 0 Å². The molecule has 138 valence electrons. The van der Waals surface area contributed by atoms with Crippen molar-refractivity contribution in [1.29, 1.82) is 0 Å². The summed E-state index contributed by atoms with van der Waals surface area (Å²) in [6.07, 6.45) is 14.1. The quantitative estimate of drug-likeness (QED) is 0.674. The number of nitrogens with zero attached hydrogens (tertiary/aromatic N) is 1. The number of hydrogen-bond donors (Lipinski definition) is 1. The predicted octanol–water partition coefficient (Wildman–Crippen LogP) is 6.09. The van der Waals surface area contributed by atoms with Crippen molar-refractivity contribution >= 4 is 0 Å². The molecule has 2 aliphatic carbocycles. The molecule has 2 atom stereocenters. The summed E-state index contributed by atoms with van der Waals surface area (Å²) < 4.78 is 0. The molecule has 1 N–H and O–H groups in total. The highest BCUT2D eigenvalue weighted by atomic mass is 16.3. The lowest BCUT2D eigenvalue weighted by molar-refractivity contribution is 0.0891. The number of aliphatic hydroxyl groups is 1. The Labute approximate surface area is 158 Å². The van der Waals surface area contributed by atoms with Crippen LogP contribution >= 0.6 is 0 Å². The fourth-order valence-electron chi connectivity index (χ4n) is 5.26. The van der Waals surface area contributed by atoms with Gasteiger partial charge in [0.2, 0.25) is 0 Å². The summed E-state index contributed by atoms with van der Waals surface area (Å²) in [6.45, 7) is 9.04. The lowest BCUT2D eigenvalue weighted by Crippen LogP contribution is -2.36. The average Bonchev–Trinajstić information content (AvgIpc) is 2.96. The van der Waals surface area contributed by atoms with Crippen LogP contribution in [0.2, 0.25) is 0 Å². The van der Waals surface area contributed by atoms with Gasteiger partial charge < -0.3 is 5.11 Å². The molecule has 26 heavy (non-hydrogen) atoms. The highest BCUT2D eigenvalue weighted by Crippen LogP contribution is 2.60. The van der Waals surface area contributed by atoms with Crippen LogP contribution < -0.4 is 0 Å². The number of hydrogen-bond acceptors (Lipinski definition) is 2. The van der Waals surface area contributed by atoms with Crippen LogP contribution in [0.15, 0.2) is 71.0 Å². The van der Waals surface area contributed by atoms with E-state index >= 15 is 0 Å². The van der Waals surface area contributed by atoms with Crippen molar-refractivity contribution in [3.05, 3.63) is 76.7 Å². The second-order valence-electron chi connectivity index (χ2n) is 7.17. The predicted molar refractivity (Wildman–Crippen MR) is 109 cm³/mol. The van der Waals surface area contributed by atoms with E-state index < -0.39 is 6.10 Å². The number of allylic oxidation sites excluding steroid dienone is 7. The highest BCUT2D eigenvalue weighted by Gasteiger charge is 2.50. The number of aliphatic hydroxyl groups excluding tert-OH is 1. The van der Waals surface area contributed by atoms with Gasteiger partial charge in [0, 0.05) is 17.5 Å². The van der Waals surface area contributed by atoms with E-state index in [1.54, 1.807) is 6.20 Å². The number of pyridine rings is 1. The van der Waals surface area contributed by atoms with Crippen LogP contribution in [0.1, 0.15) is 65.2 Å². The van der Waals surface area contributed by atoms with Crippen molar-refractivity contribution in [2.45, 2.75) is 59.5 Å². The van der Waals surface area contributed by atoms with E-state index in [9.17, 15) is 5.11 Å². The molecule has 0 fully saturated rings. The molecule has 1 aromatic heterocycles. The van der Waals surface area contributed by atoms with Crippen LogP contribution in [-0.2, 0) is 0 Å². The van der Waals surface area contributed by atoms with E-state index in [4.69, 9.17) is 0 Å². The van der Waals surface area contributed by atoms with Crippen molar-refractivity contribution in [3.63, 3.8) is 0 Å². The lowest BCUT2D eigenvalue weighted by atomic mass is 9.61. The van der Waals surface area contributed by atoms with Crippen molar-refractivity contribution in [1.82, 2.24) is 4.98 Å². The smallest absolute Gasteiger partial charge is 0.104 e. The van der Waals surface area contributed by atoms with E-state index in [1.165, 1.54) is 22.3 Å². The first-order valence-corrected chi connectivity index (χ1v) is 10.1. The first-order valence-electron chi connectivity index (χ1n) is 10.1. The maximum atomic E-state index is 11.3. The Morgan fingerprint density at radius 1 is 0.962 bits per heavy atom.